The second-order valence-electron chi connectivity index (χ2n) is 7.40. The van der Waals surface area contributed by atoms with Gasteiger partial charge in [0.05, 0.1) is 10.9 Å². The van der Waals surface area contributed by atoms with Crippen molar-refractivity contribution in [3.8, 4) is 0 Å². The molecule has 0 aliphatic rings. The first-order valence-electron chi connectivity index (χ1n) is 8.57. The van der Waals surface area contributed by atoms with Crippen LogP contribution >= 0.6 is 0 Å². The van der Waals surface area contributed by atoms with Crippen molar-refractivity contribution in [2.75, 3.05) is 0 Å². The topological polar surface area (TPSA) is 92.7 Å². The van der Waals surface area contributed by atoms with Gasteiger partial charge in [0, 0.05) is 0 Å². The first-order valence-corrected chi connectivity index (χ1v) is 10.0. The molecule has 0 spiro atoms. The molecule has 0 saturated heterocycles. The number of ether oxygens (including phenoxy) is 1. The first kappa shape index (κ1) is 20.9. The smallest absolute Gasteiger partial charge is 0.408 e. The summed E-state index contributed by atoms with van der Waals surface area (Å²) >= 11 is 0. The minimum atomic E-state index is -4.38. The maximum absolute atomic E-state index is 12.3. The highest BCUT2D eigenvalue weighted by Crippen LogP contribution is 2.25. The van der Waals surface area contributed by atoms with Crippen molar-refractivity contribution in [1.29, 1.82) is 0 Å². The lowest BCUT2D eigenvalue weighted by Gasteiger charge is -2.24. The van der Waals surface area contributed by atoms with Crippen molar-refractivity contribution in [3.05, 3.63) is 65.2 Å². The Morgan fingerprint density at radius 1 is 1.15 bits per heavy atom. The number of aryl methyl sites for hydroxylation is 1. The zero-order valence-corrected chi connectivity index (χ0v) is 16.7. The summed E-state index contributed by atoms with van der Waals surface area (Å²) in [5.74, 6) is 0. The normalized spacial score (nSPS) is 13.1. The van der Waals surface area contributed by atoms with Gasteiger partial charge >= 0.3 is 6.09 Å². The number of carbonyl (C=O) groups excluding carboxylic acids is 1. The SMILES string of the molecule is Cc1ccc(S(=O)(=O)O)c(C[C@@H](NC(=O)OC(C)(C)C)c2ccccc2)c1. The van der Waals surface area contributed by atoms with Gasteiger partial charge in [-0.1, -0.05) is 48.0 Å². The highest BCUT2D eigenvalue weighted by Gasteiger charge is 2.23. The second-order valence-corrected chi connectivity index (χ2v) is 8.79. The molecule has 0 aliphatic heterocycles. The second kappa shape index (κ2) is 8.10. The van der Waals surface area contributed by atoms with E-state index in [1.54, 1.807) is 32.9 Å². The van der Waals surface area contributed by atoms with Crippen LogP contribution in [0.3, 0.4) is 0 Å². The van der Waals surface area contributed by atoms with Crippen LogP contribution in [0.25, 0.3) is 0 Å². The quantitative estimate of drug-likeness (QED) is 0.750. The van der Waals surface area contributed by atoms with Gasteiger partial charge in [-0.25, -0.2) is 4.79 Å². The van der Waals surface area contributed by atoms with E-state index in [1.807, 2.05) is 37.3 Å². The molecule has 2 aromatic rings. The van der Waals surface area contributed by atoms with E-state index in [4.69, 9.17) is 4.74 Å². The van der Waals surface area contributed by atoms with Gasteiger partial charge in [0.25, 0.3) is 10.1 Å². The van der Waals surface area contributed by atoms with E-state index in [1.165, 1.54) is 6.07 Å². The molecule has 0 aromatic heterocycles. The number of rotatable bonds is 5. The van der Waals surface area contributed by atoms with E-state index in [0.29, 0.717) is 5.56 Å². The van der Waals surface area contributed by atoms with Crippen LogP contribution in [-0.4, -0.2) is 24.7 Å². The fourth-order valence-electron chi connectivity index (χ4n) is 2.73. The van der Waals surface area contributed by atoms with E-state index in [-0.39, 0.29) is 11.3 Å². The summed E-state index contributed by atoms with van der Waals surface area (Å²) in [6.45, 7) is 7.12. The highest BCUT2D eigenvalue weighted by molar-refractivity contribution is 7.85. The maximum atomic E-state index is 12.3. The number of hydrogen-bond acceptors (Lipinski definition) is 4. The zero-order valence-electron chi connectivity index (χ0n) is 15.9. The zero-order chi connectivity index (χ0) is 20.2. The minimum Gasteiger partial charge on any atom is -0.444 e. The van der Waals surface area contributed by atoms with Gasteiger partial charge in [0.15, 0.2) is 0 Å². The van der Waals surface area contributed by atoms with Gasteiger partial charge in [0.2, 0.25) is 0 Å². The molecule has 0 bridgehead atoms. The van der Waals surface area contributed by atoms with Crippen LogP contribution in [0.15, 0.2) is 53.4 Å². The number of hydrogen-bond donors (Lipinski definition) is 2. The van der Waals surface area contributed by atoms with Gasteiger partial charge in [-0.3, -0.25) is 4.55 Å². The van der Waals surface area contributed by atoms with Gasteiger partial charge < -0.3 is 10.1 Å². The molecular formula is C20H25NO5S. The Kier molecular flexibility index (Phi) is 6.28. The predicted octanol–water partition coefficient (Wildman–Crippen LogP) is 4.05. The number of nitrogens with one attached hydrogen (secondary N) is 1. The summed E-state index contributed by atoms with van der Waals surface area (Å²) in [6.07, 6.45) is -0.419. The molecule has 1 atom stereocenters. The lowest BCUT2D eigenvalue weighted by molar-refractivity contribution is 0.0503. The molecule has 0 aliphatic carbocycles. The molecule has 0 radical (unpaired) electrons. The summed E-state index contributed by atoms with van der Waals surface area (Å²) in [7, 11) is -4.38. The van der Waals surface area contributed by atoms with Crippen LogP contribution < -0.4 is 5.32 Å². The third kappa shape index (κ3) is 6.37. The third-order valence-corrected chi connectivity index (χ3v) is 4.76. The van der Waals surface area contributed by atoms with Crippen molar-refractivity contribution in [3.63, 3.8) is 0 Å². The Bertz CT molecular complexity index is 902. The fraction of sp³-hybridized carbons (Fsp3) is 0.350. The molecule has 27 heavy (non-hydrogen) atoms. The summed E-state index contributed by atoms with van der Waals surface area (Å²) in [5.41, 5.74) is 1.41. The number of carbonyl (C=O) groups is 1. The Labute approximate surface area is 160 Å². The molecule has 0 fully saturated rings. The Hall–Kier alpha value is -2.38. The van der Waals surface area contributed by atoms with E-state index < -0.39 is 27.9 Å². The van der Waals surface area contributed by atoms with Crippen molar-refractivity contribution >= 4 is 16.2 Å². The largest absolute Gasteiger partial charge is 0.444 e. The summed E-state index contributed by atoms with van der Waals surface area (Å²) in [6, 6.07) is 13.3. The molecule has 2 N–H and O–H groups in total. The number of benzene rings is 2. The van der Waals surface area contributed by atoms with Crippen LogP contribution in [0.2, 0.25) is 0 Å². The summed E-state index contributed by atoms with van der Waals surface area (Å²) in [4.78, 5) is 12.1. The van der Waals surface area contributed by atoms with E-state index in [2.05, 4.69) is 5.32 Å². The van der Waals surface area contributed by atoms with Crippen LogP contribution in [0, 0.1) is 6.92 Å². The monoisotopic (exact) mass is 391 g/mol. The van der Waals surface area contributed by atoms with Crippen molar-refractivity contribution in [2.45, 2.75) is 50.7 Å². The van der Waals surface area contributed by atoms with E-state index in [9.17, 15) is 17.8 Å². The summed E-state index contributed by atoms with van der Waals surface area (Å²) in [5, 5.41) is 2.80. The minimum absolute atomic E-state index is 0.167. The van der Waals surface area contributed by atoms with Crippen LogP contribution in [0.5, 0.6) is 0 Å². The van der Waals surface area contributed by atoms with E-state index >= 15 is 0 Å². The molecule has 146 valence electrons. The van der Waals surface area contributed by atoms with Crippen molar-refractivity contribution < 1.29 is 22.5 Å². The molecule has 0 heterocycles. The Morgan fingerprint density at radius 2 is 1.78 bits per heavy atom. The Balaban J connectivity index is 2.39. The van der Waals surface area contributed by atoms with Crippen LogP contribution in [-0.2, 0) is 21.3 Å². The average Bonchev–Trinajstić information content (AvgIpc) is 2.52. The number of amides is 1. The van der Waals surface area contributed by atoms with Crippen molar-refractivity contribution in [1.82, 2.24) is 5.32 Å². The predicted molar refractivity (Wildman–Crippen MR) is 103 cm³/mol. The molecule has 2 aromatic carbocycles. The average molecular weight is 391 g/mol. The van der Waals surface area contributed by atoms with Crippen molar-refractivity contribution in [2.24, 2.45) is 0 Å². The standard InChI is InChI=1S/C20H25NO5S/c1-14-10-11-18(27(23,24)25)16(12-14)13-17(15-8-6-5-7-9-15)21-19(22)26-20(2,3)4/h5-12,17H,13H2,1-4H3,(H,21,22)(H,23,24,25)/t17-/m1/s1. The van der Waals surface area contributed by atoms with Gasteiger partial charge in [-0.15, -0.1) is 0 Å². The summed E-state index contributed by atoms with van der Waals surface area (Å²) < 4.78 is 38.3. The van der Waals surface area contributed by atoms with Crippen LogP contribution in [0.4, 0.5) is 4.79 Å². The van der Waals surface area contributed by atoms with E-state index in [0.717, 1.165) is 11.1 Å². The molecular weight excluding hydrogens is 366 g/mol. The molecule has 7 heteroatoms. The molecule has 0 unspecified atom stereocenters. The van der Waals surface area contributed by atoms with Crippen LogP contribution in [0.1, 0.15) is 43.5 Å². The first-order chi connectivity index (χ1) is 12.5. The molecule has 0 saturated carbocycles. The lowest BCUT2D eigenvalue weighted by Crippen LogP contribution is -2.36. The molecule has 1 amide bonds. The van der Waals surface area contributed by atoms with Gasteiger partial charge in [-0.2, -0.15) is 8.42 Å². The lowest BCUT2D eigenvalue weighted by atomic mass is 9.98. The third-order valence-electron chi connectivity index (χ3n) is 3.81. The fourth-order valence-corrected chi connectivity index (χ4v) is 3.44. The number of alkyl carbamates (subject to hydrolysis) is 1. The molecule has 2 rings (SSSR count). The maximum Gasteiger partial charge on any atom is 0.408 e. The van der Waals surface area contributed by atoms with Gasteiger partial charge in [-0.05, 0) is 51.3 Å². The highest BCUT2D eigenvalue weighted by atomic mass is 32.2. The molecule has 6 nitrogen and oxygen atoms in total. The Morgan fingerprint density at radius 3 is 2.33 bits per heavy atom. The van der Waals surface area contributed by atoms with Gasteiger partial charge in [0.1, 0.15) is 5.60 Å².